The molecule has 3 rings (SSSR count). The number of nitrogens with zero attached hydrogens (tertiary/aromatic N) is 3. The monoisotopic (exact) mass is 302 g/mol. The van der Waals surface area contributed by atoms with Crippen LogP contribution in [0.15, 0.2) is 36.8 Å². The lowest BCUT2D eigenvalue weighted by Crippen LogP contribution is -2.48. The molecule has 0 unspecified atom stereocenters. The number of amides is 1. The molecule has 1 aromatic heterocycles. The van der Waals surface area contributed by atoms with E-state index in [0.717, 1.165) is 24.4 Å². The van der Waals surface area contributed by atoms with E-state index in [9.17, 15) is 4.79 Å². The van der Waals surface area contributed by atoms with E-state index in [1.165, 1.54) is 11.1 Å². The van der Waals surface area contributed by atoms with Gasteiger partial charge in [0.05, 0.1) is 13.3 Å². The number of rotatable bonds is 3. The number of methoxy groups -OCH3 is 1. The summed E-state index contributed by atoms with van der Waals surface area (Å²) < 4.78 is 6.54. The topological polar surface area (TPSA) is 68.6 Å². The van der Waals surface area contributed by atoms with E-state index in [1.54, 1.807) is 18.2 Å². The molecule has 0 spiro atoms. The molecule has 1 aliphatic heterocycles. The van der Waals surface area contributed by atoms with Gasteiger partial charge in [0, 0.05) is 31.7 Å². The second-order valence-electron chi connectivity index (χ2n) is 4.93. The Morgan fingerprint density at radius 2 is 1.95 bits per heavy atom. The molecule has 1 aliphatic rings. The highest BCUT2D eigenvalue weighted by atomic mass is 16.7. The third kappa shape index (κ3) is 3.04. The summed E-state index contributed by atoms with van der Waals surface area (Å²) in [7, 11) is 1.62. The van der Waals surface area contributed by atoms with Crippen LogP contribution in [0.2, 0.25) is 0 Å². The molecule has 0 bridgehead atoms. The van der Waals surface area contributed by atoms with Gasteiger partial charge in [-0.15, -0.1) is 0 Å². The molecule has 0 saturated carbocycles. The summed E-state index contributed by atoms with van der Waals surface area (Å²) in [5.74, 6) is 0.771. The van der Waals surface area contributed by atoms with Gasteiger partial charge in [-0.05, 0) is 24.3 Å². The molecule has 0 aliphatic carbocycles. The molecule has 1 fully saturated rings. The minimum Gasteiger partial charge on any atom is -0.497 e. The van der Waals surface area contributed by atoms with Crippen LogP contribution >= 0.6 is 0 Å². The van der Waals surface area contributed by atoms with Crippen molar-refractivity contribution in [2.45, 2.75) is 0 Å². The van der Waals surface area contributed by atoms with Gasteiger partial charge in [0.1, 0.15) is 17.8 Å². The molecule has 2 heterocycles. The number of benzene rings is 1. The maximum Gasteiger partial charge on any atom is 0.434 e. The van der Waals surface area contributed by atoms with Crippen LogP contribution < -0.4 is 14.9 Å². The second kappa shape index (κ2) is 6.48. The highest BCUT2D eigenvalue weighted by molar-refractivity contribution is 5.69. The summed E-state index contributed by atoms with van der Waals surface area (Å²) >= 11 is 0. The van der Waals surface area contributed by atoms with Crippen LogP contribution in [0.4, 0.5) is 4.79 Å². The predicted molar refractivity (Wildman–Crippen MR) is 80.6 cm³/mol. The summed E-state index contributed by atoms with van der Waals surface area (Å²) in [4.78, 5) is 23.3. The van der Waals surface area contributed by atoms with Crippen LogP contribution in [-0.2, 0) is 0 Å². The first-order valence-corrected chi connectivity index (χ1v) is 7.12. The number of carbonyl (C=O) groups excluding carboxylic acids is 1. The smallest absolute Gasteiger partial charge is 0.434 e. The summed E-state index contributed by atoms with van der Waals surface area (Å²) in [5, 5.41) is 3.20. The lowest BCUT2D eigenvalue weighted by atomic mass is 10.2. The molecule has 0 radical (unpaired) electrons. The number of piperazine rings is 1. The van der Waals surface area contributed by atoms with Crippen LogP contribution in [0.25, 0.3) is 11.3 Å². The van der Waals surface area contributed by atoms with Gasteiger partial charge in [0.15, 0.2) is 0 Å². The highest BCUT2D eigenvalue weighted by Gasteiger charge is 2.19. The fourth-order valence-corrected chi connectivity index (χ4v) is 2.31. The zero-order valence-electron chi connectivity index (χ0n) is 12.4. The average Bonchev–Trinajstić information content (AvgIpc) is 3.04. The van der Waals surface area contributed by atoms with Crippen LogP contribution in [0.3, 0.4) is 0 Å². The molecule has 116 valence electrons. The molecule has 1 saturated heterocycles. The Morgan fingerprint density at radius 1 is 1.23 bits per heavy atom. The number of hydrogen-bond acceptors (Lipinski definition) is 5. The van der Waals surface area contributed by atoms with Gasteiger partial charge in [0.25, 0.3) is 0 Å². The second-order valence-corrected chi connectivity index (χ2v) is 4.93. The lowest BCUT2D eigenvalue weighted by molar-refractivity contribution is 0.0895. The Kier molecular flexibility index (Phi) is 4.24. The Hall–Kier alpha value is -2.54. The fraction of sp³-hybridized carbons (Fsp3) is 0.333. The van der Waals surface area contributed by atoms with E-state index in [4.69, 9.17) is 9.57 Å². The van der Waals surface area contributed by atoms with E-state index in [0.29, 0.717) is 18.8 Å². The van der Waals surface area contributed by atoms with Crippen LogP contribution in [-0.4, -0.2) is 54.0 Å². The first-order chi connectivity index (χ1) is 10.8. The van der Waals surface area contributed by atoms with E-state index in [-0.39, 0.29) is 6.09 Å². The predicted octanol–water partition coefficient (Wildman–Crippen LogP) is 1.01. The van der Waals surface area contributed by atoms with Gasteiger partial charge >= 0.3 is 6.09 Å². The summed E-state index contributed by atoms with van der Waals surface area (Å²) in [5.41, 5.74) is 1.61. The molecule has 1 amide bonds. The third-order valence-corrected chi connectivity index (χ3v) is 3.54. The Morgan fingerprint density at radius 3 is 2.64 bits per heavy atom. The van der Waals surface area contributed by atoms with Crippen LogP contribution in [0.1, 0.15) is 0 Å². The zero-order chi connectivity index (χ0) is 15.4. The highest BCUT2D eigenvalue weighted by Crippen LogP contribution is 2.21. The van der Waals surface area contributed by atoms with Crippen molar-refractivity contribution < 1.29 is 14.4 Å². The minimum absolute atomic E-state index is 0.366. The molecular formula is C15H18N4O3. The van der Waals surface area contributed by atoms with Crippen LogP contribution in [0, 0.1) is 0 Å². The zero-order valence-corrected chi connectivity index (χ0v) is 12.4. The number of hydrogen-bond donors (Lipinski definition) is 1. The largest absolute Gasteiger partial charge is 0.497 e. The van der Waals surface area contributed by atoms with Gasteiger partial charge < -0.3 is 19.8 Å². The van der Waals surface area contributed by atoms with Gasteiger partial charge in [-0.3, -0.25) is 0 Å². The molecule has 1 aromatic carbocycles. The van der Waals surface area contributed by atoms with Crippen molar-refractivity contribution >= 4 is 6.09 Å². The minimum atomic E-state index is -0.366. The molecule has 2 aromatic rings. The number of carbonyl (C=O) groups is 1. The third-order valence-electron chi connectivity index (χ3n) is 3.54. The number of aromatic nitrogens is 2. The number of ether oxygens (including phenoxy) is 1. The Bertz CT molecular complexity index is 632. The van der Waals surface area contributed by atoms with E-state index in [2.05, 4.69) is 10.3 Å². The summed E-state index contributed by atoms with van der Waals surface area (Å²) in [6, 6.07) is 7.49. The summed E-state index contributed by atoms with van der Waals surface area (Å²) in [6.45, 7) is 2.85. The first-order valence-electron chi connectivity index (χ1n) is 7.12. The molecule has 7 nitrogen and oxygen atoms in total. The molecular weight excluding hydrogens is 284 g/mol. The van der Waals surface area contributed by atoms with Crippen molar-refractivity contribution in [2.24, 2.45) is 0 Å². The molecule has 22 heavy (non-hydrogen) atoms. The Labute approximate surface area is 128 Å². The quantitative estimate of drug-likeness (QED) is 0.916. The van der Waals surface area contributed by atoms with Crippen molar-refractivity contribution in [1.29, 1.82) is 0 Å². The molecule has 1 N–H and O–H groups in total. The average molecular weight is 302 g/mol. The van der Waals surface area contributed by atoms with Gasteiger partial charge in [0.2, 0.25) is 0 Å². The van der Waals surface area contributed by atoms with Gasteiger partial charge in [-0.25, -0.2) is 9.78 Å². The van der Waals surface area contributed by atoms with Gasteiger partial charge in [-0.1, -0.05) is 0 Å². The Balaban J connectivity index is 1.75. The molecule has 7 heteroatoms. The van der Waals surface area contributed by atoms with Crippen molar-refractivity contribution in [3.05, 3.63) is 36.8 Å². The number of imidazole rings is 1. The van der Waals surface area contributed by atoms with Crippen molar-refractivity contribution in [2.75, 3.05) is 33.3 Å². The standard InChI is InChI=1S/C15H18N4O3/c1-21-13-4-2-12(3-5-13)14-10-17-11-19(14)22-15(20)18-8-6-16-7-9-18/h2-5,10-11,16H,6-9H2,1H3. The lowest BCUT2D eigenvalue weighted by Gasteiger charge is -2.26. The van der Waals surface area contributed by atoms with E-state index in [1.807, 2.05) is 24.3 Å². The van der Waals surface area contributed by atoms with Crippen molar-refractivity contribution in [3.63, 3.8) is 0 Å². The number of nitrogens with one attached hydrogen (secondary N) is 1. The normalized spacial score (nSPS) is 14.7. The maximum atomic E-state index is 12.2. The SMILES string of the molecule is COc1ccc(-c2cncn2OC(=O)N2CCNCC2)cc1. The fourth-order valence-electron chi connectivity index (χ4n) is 2.31. The van der Waals surface area contributed by atoms with E-state index >= 15 is 0 Å². The van der Waals surface area contributed by atoms with Crippen LogP contribution in [0.5, 0.6) is 5.75 Å². The molecule has 0 atom stereocenters. The van der Waals surface area contributed by atoms with Crippen molar-refractivity contribution in [1.82, 2.24) is 19.9 Å². The maximum absolute atomic E-state index is 12.2. The van der Waals surface area contributed by atoms with Gasteiger partial charge in [-0.2, -0.15) is 4.73 Å². The van der Waals surface area contributed by atoms with E-state index < -0.39 is 0 Å². The first kappa shape index (κ1) is 14.4. The summed E-state index contributed by atoms with van der Waals surface area (Å²) in [6.07, 6.45) is 2.78. The van der Waals surface area contributed by atoms with Crippen molar-refractivity contribution in [3.8, 4) is 17.0 Å².